The number of nitrogens with zero attached hydrogens (tertiary/aromatic N) is 5. The van der Waals surface area contributed by atoms with E-state index < -0.39 is 35.8 Å². The first-order valence-electron chi connectivity index (χ1n) is 8.60. The van der Waals surface area contributed by atoms with Crippen LogP contribution >= 0.6 is 0 Å². The van der Waals surface area contributed by atoms with Gasteiger partial charge in [-0.3, -0.25) is 9.69 Å². The Hall–Kier alpha value is -2.48. The number of carbonyl (C=O) groups excluding carboxylic acids is 3. The zero-order valence-corrected chi connectivity index (χ0v) is 15.5. The molecule has 2 amide bonds. The van der Waals surface area contributed by atoms with E-state index >= 15 is 0 Å². The van der Waals surface area contributed by atoms with E-state index in [2.05, 4.69) is 10.0 Å². The van der Waals surface area contributed by atoms with Crippen LogP contribution in [0.1, 0.15) is 40.0 Å². The molecule has 0 spiro atoms. The van der Waals surface area contributed by atoms with Crippen LogP contribution in [0.4, 0.5) is 4.79 Å². The van der Waals surface area contributed by atoms with E-state index in [1.54, 1.807) is 20.8 Å². The van der Waals surface area contributed by atoms with Gasteiger partial charge in [-0.15, -0.1) is 0 Å². The van der Waals surface area contributed by atoms with Crippen molar-refractivity contribution in [2.24, 2.45) is 5.11 Å². The molecule has 2 fully saturated rings. The van der Waals surface area contributed by atoms with Crippen LogP contribution in [0, 0.1) is 0 Å². The van der Waals surface area contributed by atoms with Gasteiger partial charge in [0.15, 0.2) is 0 Å². The standard InChI is InChI=1S/C16H25N5O5/c1-16(2,3)26-15(24)21-9-10(18-19-17)8-12(21)13(22)20-7-5-6-11(20)14(23)25-4/h10-12H,5-9H2,1-4H3/t10-,11+,12+/m1/s1. The van der Waals surface area contributed by atoms with Crippen LogP contribution in [0.15, 0.2) is 5.11 Å². The van der Waals surface area contributed by atoms with Gasteiger partial charge >= 0.3 is 12.1 Å². The zero-order chi connectivity index (χ0) is 19.5. The number of amides is 2. The van der Waals surface area contributed by atoms with E-state index in [1.807, 2.05) is 0 Å². The number of likely N-dealkylation sites (tertiary alicyclic amines) is 2. The third kappa shape index (κ3) is 4.37. The molecule has 0 bridgehead atoms. The number of hydrogen-bond acceptors (Lipinski definition) is 6. The first-order valence-corrected chi connectivity index (χ1v) is 8.60. The van der Waals surface area contributed by atoms with Gasteiger partial charge in [0.25, 0.3) is 0 Å². The summed E-state index contributed by atoms with van der Waals surface area (Å²) in [5.74, 6) is -0.816. The average Bonchev–Trinajstić information content (AvgIpc) is 3.19. The number of ether oxygens (including phenoxy) is 2. The van der Waals surface area contributed by atoms with Gasteiger partial charge in [0.1, 0.15) is 17.7 Å². The Balaban J connectivity index is 2.21. The maximum Gasteiger partial charge on any atom is 0.410 e. The molecule has 0 aromatic rings. The Kier molecular flexibility index (Phi) is 5.97. The summed E-state index contributed by atoms with van der Waals surface area (Å²) in [6, 6.07) is -1.99. The fraction of sp³-hybridized carbons (Fsp3) is 0.812. The highest BCUT2D eigenvalue weighted by molar-refractivity contribution is 5.90. The largest absolute Gasteiger partial charge is 0.467 e. The molecule has 0 saturated carbocycles. The summed E-state index contributed by atoms with van der Waals surface area (Å²) in [4.78, 5) is 43.0. The second-order valence-electron chi connectivity index (χ2n) is 7.46. The van der Waals surface area contributed by atoms with Gasteiger partial charge in [-0.25, -0.2) is 9.59 Å². The molecule has 10 nitrogen and oxygen atoms in total. The Bertz CT molecular complexity index is 625. The van der Waals surface area contributed by atoms with Crippen molar-refractivity contribution in [3.8, 4) is 0 Å². The van der Waals surface area contributed by atoms with Crippen LogP contribution in [-0.2, 0) is 19.1 Å². The molecule has 2 heterocycles. The van der Waals surface area contributed by atoms with Crippen molar-refractivity contribution in [3.05, 3.63) is 10.4 Å². The van der Waals surface area contributed by atoms with Gasteiger partial charge in [0.2, 0.25) is 5.91 Å². The topological polar surface area (TPSA) is 125 Å². The van der Waals surface area contributed by atoms with Crippen LogP contribution < -0.4 is 0 Å². The van der Waals surface area contributed by atoms with Crippen LogP contribution in [0.2, 0.25) is 0 Å². The maximum absolute atomic E-state index is 13.0. The summed E-state index contributed by atoms with van der Waals surface area (Å²) in [7, 11) is 1.28. The number of rotatable bonds is 3. The fourth-order valence-corrected chi connectivity index (χ4v) is 3.33. The first kappa shape index (κ1) is 19.8. The van der Waals surface area contributed by atoms with Crippen molar-refractivity contribution < 1.29 is 23.9 Å². The summed E-state index contributed by atoms with van der Waals surface area (Å²) in [6.45, 7) is 5.72. The number of esters is 1. The first-order chi connectivity index (χ1) is 12.2. The van der Waals surface area contributed by atoms with E-state index in [0.717, 1.165) is 0 Å². The van der Waals surface area contributed by atoms with E-state index in [4.69, 9.17) is 15.0 Å². The Morgan fingerprint density at radius 1 is 1.19 bits per heavy atom. The highest BCUT2D eigenvalue weighted by Gasteiger charge is 2.46. The van der Waals surface area contributed by atoms with Crippen molar-refractivity contribution in [3.63, 3.8) is 0 Å². The summed E-state index contributed by atoms with van der Waals surface area (Å²) >= 11 is 0. The highest BCUT2D eigenvalue weighted by atomic mass is 16.6. The monoisotopic (exact) mass is 367 g/mol. The molecular formula is C16H25N5O5. The van der Waals surface area contributed by atoms with Crippen LogP contribution in [0.5, 0.6) is 0 Å². The molecule has 2 saturated heterocycles. The van der Waals surface area contributed by atoms with Gasteiger partial charge in [-0.2, -0.15) is 0 Å². The number of methoxy groups -OCH3 is 1. The summed E-state index contributed by atoms with van der Waals surface area (Å²) in [5.41, 5.74) is 7.97. The number of hydrogen-bond donors (Lipinski definition) is 0. The number of azide groups is 1. The van der Waals surface area contributed by atoms with Crippen molar-refractivity contribution >= 4 is 18.0 Å². The fourth-order valence-electron chi connectivity index (χ4n) is 3.33. The van der Waals surface area contributed by atoms with Crippen molar-refractivity contribution in [2.45, 2.75) is 63.8 Å². The lowest BCUT2D eigenvalue weighted by atomic mass is 10.1. The quantitative estimate of drug-likeness (QED) is 0.326. The van der Waals surface area contributed by atoms with Crippen LogP contribution in [-0.4, -0.2) is 71.7 Å². The van der Waals surface area contributed by atoms with Gasteiger partial charge in [0.05, 0.1) is 13.2 Å². The van der Waals surface area contributed by atoms with Gasteiger partial charge in [0, 0.05) is 18.0 Å². The molecule has 2 aliphatic rings. The Labute approximate surface area is 152 Å². The molecule has 0 aromatic heterocycles. The molecule has 0 unspecified atom stereocenters. The normalized spacial score (nSPS) is 25.6. The second-order valence-corrected chi connectivity index (χ2v) is 7.46. The van der Waals surface area contributed by atoms with Crippen LogP contribution in [0.25, 0.3) is 10.4 Å². The van der Waals surface area contributed by atoms with Crippen LogP contribution in [0.3, 0.4) is 0 Å². The minimum Gasteiger partial charge on any atom is -0.467 e. The van der Waals surface area contributed by atoms with Gasteiger partial charge in [-0.1, -0.05) is 5.11 Å². The predicted octanol–water partition coefficient (Wildman–Crippen LogP) is 1.84. The molecule has 0 aliphatic carbocycles. The molecule has 0 radical (unpaired) electrons. The van der Waals surface area contributed by atoms with E-state index in [9.17, 15) is 14.4 Å². The van der Waals surface area contributed by atoms with Crippen molar-refractivity contribution in [2.75, 3.05) is 20.2 Å². The molecule has 26 heavy (non-hydrogen) atoms. The molecule has 0 N–H and O–H groups in total. The lowest BCUT2D eigenvalue weighted by Crippen LogP contribution is -2.51. The average molecular weight is 367 g/mol. The lowest BCUT2D eigenvalue weighted by molar-refractivity contribution is -0.152. The molecule has 10 heteroatoms. The molecule has 3 atom stereocenters. The number of carbonyl (C=O) groups is 3. The van der Waals surface area contributed by atoms with Crippen molar-refractivity contribution in [1.82, 2.24) is 9.80 Å². The Morgan fingerprint density at radius 2 is 1.88 bits per heavy atom. The third-order valence-corrected chi connectivity index (χ3v) is 4.42. The van der Waals surface area contributed by atoms with Gasteiger partial charge < -0.3 is 14.4 Å². The minimum atomic E-state index is -0.828. The molecule has 0 aromatic carbocycles. The molecular weight excluding hydrogens is 342 g/mol. The summed E-state index contributed by atoms with van der Waals surface area (Å²) in [6.07, 6.45) is 0.772. The molecule has 2 rings (SSSR count). The zero-order valence-electron chi connectivity index (χ0n) is 15.5. The second kappa shape index (κ2) is 7.82. The molecule has 2 aliphatic heterocycles. The summed E-state index contributed by atoms with van der Waals surface area (Å²) < 4.78 is 10.1. The van der Waals surface area contributed by atoms with Crippen molar-refractivity contribution in [1.29, 1.82) is 0 Å². The Morgan fingerprint density at radius 3 is 2.46 bits per heavy atom. The minimum absolute atomic E-state index is 0.103. The van der Waals surface area contributed by atoms with E-state index in [-0.39, 0.29) is 18.9 Å². The van der Waals surface area contributed by atoms with E-state index in [0.29, 0.717) is 19.4 Å². The highest BCUT2D eigenvalue weighted by Crippen LogP contribution is 2.28. The van der Waals surface area contributed by atoms with Gasteiger partial charge in [-0.05, 0) is 45.6 Å². The lowest BCUT2D eigenvalue weighted by Gasteiger charge is -2.31. The smallest absolute Gasteiger partial charge is 0.410 e. The maximum atomic E-state index is 13.0. The molecule has 144 valence electrons. The van der Waals surface area contributed by atoms with E-state index in [1.165, 1.54) is 16.9 Å². The third-order valence-electron chi connectivity index (χ3n) is 4.42. The predicted molar refractivity (Wildman–Crippen MR) is 91.0 cm³/mol. The SMILES string of the molecule is COC(=O)[C@@H]1CCCN1C(=O)[C@@H]1C[C@@H](N=[N+]=[N-])CN1C(=O)OC(C)(C)C. The summed E-state index contributed by atoms with van der Waals surface area (Å²) in [5, 5.41) is 3.65.